The molecule has 0 bridgehead atoms. The zero-order chi connectivity index (χ0) is 19.3. The highest BCUT2D eigenvalue weighted by molar-refractivity contribution is 7.91. The van der Waals surface area contributed by atoms with Crippen LogP contribution in [0.2, 0.25) is 0 Å². The van der Waals surface area contributed by atoms with E-state index in [0.717, 1.165) is 31.7 Å². The Bertz CT molecular complexity index is 851. The van der Waals surface area contributed by atoms with Crippen molar-refractivity contribution in [3.8, 4) is 5.75 Å². The fraction of sp³-hybridized carbons (Fsp3) is 0.400. The molecule has 0 atom stereocenters. The van der Waals surface area contributed by atoms with Gasteiger partial charge in [0.15, 0.2) is 21.4 Å². The lowest BCUT2D eigenvalue weighted by Crippen LogP contribution is -2.47. The minimum Gasteiger partial charge on any atom is -0.494 e. The summed E-state index contributed by atoms with van der Waals surface area (Å²) in [6.07, 6.45) is 0. The summed E-state index contributed by atoms with van der Waals surface area (Å²) in [5.41, 5.74) is 0.911. The lowest BCUT2D eigenvalue weighted by atomic mass is 10.2. The molecule has 1 heterocycles. The molecular formula is C20H25FN2O3S. The van der Waals surface area contributed by atoms with Gasteiger partial charge in [0.2, 0.25) is 0 Å². The maximum Gasteiger partial charge on any atom is 0.179 e. The van der Waals surface area contributed by atoms with Gasteiger partial charge in [0.1, 0.15) is 0 Å². The van der Waals surface area contributed by atoms with Crippen LogP contribution in [0.15, 0.2) is 53.4 Å². The van der Waals surface area contributed by atoms with Gasteiger partial charge >= 0.3 is 0 Å². The summed E-state index contributed by atoms with van der Waals surface area (Å²) in [6.45, 7) is 4.49. The minimum atomic E-state index is -3.24. The second-order valence-electron chi connectivity index (χ2n) is 6.72. The van der Waals surface area contributed by atoms with E-state index in [1.807, 2.05) is 12.1 Å². The van der Waals surface area contributed by atoms with Crippen LogP contribution in [0.25, 0.3) is 0 Å². The number of sulfone groups is 1. The van der Waals surface area contributed by atoms with Gasteiger partial charge in [0.25, 0.3) is 0 Å². The molecule has 2 aromatic rings. The van der Waals surface area contributed by atoms with Gasteiger partial charge in [-0.05, 0) is 29.8 Å². The van der Waals surface area contributed by atoms with Crippen LogP contribution in [0.5, 0.6) is 5.75 Å². The lowest BCUT2D eigenvalue weighted by Gasteiger charge is -2.34. The average molecular weight is 392 g/mol. The van der Waals surface area contributed by atoms with Gasteiger partial charge in [-0.15, -0.1) is 0 Å². The smallest absolute Gasteiger partial charge is 0.179 e. The van der Waals surface area contributed by atoms with Crippen LogP contribution in [0.3, 0.4) is 0 Å². The van der Waals surface area contributed by atoms with E-state index in [-0.39, 0.29) is 17.3 Å². The number of hydrogen-bond donors (Lipinski definition) is 0. The number of methoxy groups -OCH3 is 1. The van der Waals surface area contributed by atoms with Crippen molar-refractivity contribution in [2.75, 3.05) is 45.6 Å². The van der Waals surface area contributed by atoms with E-state index >= 15 is 0 Å². The average Bonchev–Trinajstić information content (AvgIpc) is 2.68. The molecule has 1 aliphatic rings. The van der Waals surface area contributed by atoms with Crippen molar-refractivity contribution >= 4 is 9.84 Å². The van der Waals surface area contributed by atoms with E-state index in [1.54, 1.807) is 30.3 Å². The largest absolute Gasteiger partial charge is 0.494 e. The van der Waals surface area contributed by atoms with Gasteiger partial charge in [0, 0.05) is 39.3 Å². The van der Waals surface area contributed by atoms with Crippen molar-refractivity contribution < 1.29 is 17.5 Å². The van der Waals surface area contributed by atoms with Gasteiger partial charge in [-0.1, -0.05) is 24.3 Å². The first kappa shape index (κ1) is 19.8. The number of halogens is 1. The number of ether oxygens (including phenoxy) is 1. The monoisotopic (exact) mass is 392 g/mol. The van der Waals surface area contributed by atoms with Crippen molar-refractivity contribution in [2.24, 2.45) is 0 Å². The second-order valence-corrected chi connectivity index (χ2v) is 8.83. The van der Waals surface area contributed by atoms with E-state index in [4.69, 9.17) is 4.74 Å². The van der Waals surface area contributed by atoms with Gasteiger partial charge < -0.3 is 4.74 Å². The summed E-state index contributed by atoms with van der Waals surface area (Å²) in [7, 11) is -1.79. The zero-order valence-electron chi connectivity index (χ0n) is 15.5. The van der Waals surface area contributed by atoms with E-state index in [9.17, 15) is 12.8 Å². The third-order valence-corrected chi connectivity index (χ3v) is 6.58. The Morgan fingerprint density at radius 3 is 2.30 bits per heavy atom. The molecule has 1 fully saturated rings. The standard InChI is InChI=1S/C20H25FN2O3S/c1-26-20-8-7-17(15-19(20)21)16-23-11-9-22(10-12-23)13-14-27(24,25)18-5-3-2-4-6-18/h2-8,15H,9-14,16H2,1H3. The van der Waals surface area contributed by atoms with Crippen LogP contribution in [-0.2, 0) is 16.4 Å². The first-order chi connectivity index (χ1) is 13.0. The van der Waals surface area contributed by atoms with E-state index in [0.29, 0.717) is 18.0 Å². The van der Waals surface area contributed by atoms with Crippen LogP contribution in [0.4, 0.5) is 4.39 Å². The number of piperazine rings is 1. The number of rotatable bonds is 7. The number of benzene rings is 2. The molecule has 2 aromatic carbocycles. The molecule has 0 saturated carbocycles. The maximum absolute atomic E-state index is 13.8. The predicted octanol–water partition coefficient (Wildman–Crippen LogP) is 2.43. The Kier molecular flexibility index (Phi) is 6.46. The lowest BCUT2D eigenvalue weighted by molar-refractivity contribution is 0.132. The Morgan fingerprint density at radius 1 is 1.00 bits per heavy atom. The fourth-order valence-corrected chi connectivity index (χ4v) is 4.54. The summed E-state index contributed by atoms with van der Waals surface area (Å²) in [4.78, 5) is 4.81. The first-order valence-corrected chi connectivity index (χ1v) is 10.7. The summed E-state index contributed by atoms with van der Waals surface area (Å²) in [5.74, 6) is 0.0312. The molecule has 7 heteroatoms. The van der Waals surface area contributed by atoms with E-state index < -0.39 is 9.84 Å². The highest BCUT2D eigenvalue weighted by Gasteiger charge is 2.20. The molecule has 0 amide bonds. The molecule has 0 aliphatic carbocycles. The molecule has 5 nitrogen and oxygen atoms in total. The third-order valence-electron chi connectivity index (χ3n) is 4.87. The summed E-state index contributed by atoms with van der Waals surface area (Å²) < 4.78 is 43.5. The highest BCUT2D eigenvalue weighted by Crippen LogP contribution is 2.19. The Balaban J connectivity index is 1.47. The van der Waals surface area contributed by atoms with Crippen molar-refractivity contribution in [1.82, 2.24) is 9.80 Å². The van der Waals surface area contributed by atoms with Gasteiger partial charge in [-0.3, -0.25) is 9.80 Å². The first-order valence-electron chi connectivity index (χ1n) is 9.03. The molecule has 0 unspecified atom stereocenters. The van der Waals surface area contributed by atoms with E-state index in [2.05, 4.69) is 9.80 Å². The van der Waals surface area contributed by atoms with Crippen LogP contribution in [0.1, 0.15) is 5.56 Å². The number of hydrogen-bond acceptors (Lipinski definition) is 5. The normalized spacial score (nSPS) is 16.4. The number of nitrogens with zero attached hydrogens (tertiary/aromatic N) is 2. The van der Waals surface area contributed by atoms with E-state index in [1.165, 1.54) is 13.2 Å². The van der Waals surface area contributed by atoms with Crippen LogP contribution in [-0.4, -0.2) is 63.8 Å². The van der Waals surface area contributed by atoms with Gasteiger partial charge in [-0.2, -0.15) is 0 Å². The van der Waals surface area contributed by atoms with Crippen LogP contribution < -0.4 is 4.74 Å². The van der Waals surface area contributed by atoms with Crippen LogP contribution >= 0.6 is 0 Å². The van der Waals surface area contributed by atoms with Crippen LogP contribution in [0, 0.1) is 5.82 Å². The van der Waals surface area contributed by atoms with Crippen molar-refractivity contribution in [2.45, 2.75) is 11.4 Å². The summed E-state index contributed by atoms with van der Waals surface area (Å²) >= 11 is 0. The Morgan fingerprint density at radius 2 is 1.67 bits per heavy atom. The van der Waals surface area contributed by atoms with Crippen molar-refractivity contribution in [1.29, 1.82) is 0 Å². The second kappa shape index (κ2) is 8.82. The topological polar surface area (TPSA) is 49.9 Å². The van der Waals surface area contributed by atoms with Crippen molar-refractivity contribution in [3.63, 3.8) is 0 Å². The van der Waals surface area contributed by atoms with Crippen molar-refractivity contribution in [3.05, 3.63) is 59.9 Å². The molecule has 0 radical (unpaired) electrons. The SMILES string of the molecule is COc1ccc(CN2CCN(CCS(=O)(=O)c3ccccc3)CC2)cc1F. The third kappa shape index (κ3) is 5.28. The molecular weight excluding hydrogens is 367 g/mol. The molecule has 1 aliphatic heterocycles. The molecule has 27 heavy (non-hydrogen) atoms. The molecule has 1 saturated heterocycles. The highest BCUT2D eigenvalue weighted by atomic mass is 32.2. The quantitative estimate of drug-likeness (QED) is 0.724. The van der Waals surface area contributed by atoms with Gasteiger partial charge in [-0.25, -0.2) is 12.8 Å². The Labute approximate surface area is 160 Å². The fourth-order valence-electron chi connectivity index (χ4n) is 3.23. The molecule has 146 valence electrons. The predicted molar refractivity (Wildman–Crippen MR) is 103 cm³/mol. The molecule has 0 N–H and O–H groups in total. The minimum absolute atomic E-state index is 0.126. The molecule has 0 aromatic heterocycles. The summed E-state index contributed by atoms with van der Waals surface area (Å²) in [5, 5.41) is 0. The molecule has 3 rings (SSSR count). The summed E-state index contributed by atoms with van der Waals surface area (Å²) in [6, 6.07) is 13.6. The maximum atomic E-state index is 13.8. The Hall–Kier alpha value is -1.96. The van der Waals surface area contributed by atoms with Gasteiger partial charge in [0.05, 0.1) is 17.8 Å². The molecule has 0 spiro atoms. The zero-order valence-corrected chi connectivity index (χ0v) is 16.3.